The van der Waals surface area contributed by atoms with Crippen LogP contribution in [0.25, 0.3) is 0 Å². The molecule has 0 bridgehead atoms. The Morgan fingerprint density at radius 1 is 1.38 bits per heavy atom. The highest BCUT2D eigenvalue weighted by Crippen LogP contribution is 2.34. The molecule has 0 amide bonds. The first-order valence-corrected chi connectivity index (χ1v) is 4.36. The van der Waals surface area contributed by atoms with Crippen molar-refractivity contribution >= 4 is 0 Å². The van der Waals surface area contributed by atoms with Gasteiger partial charge in [-0.05, 0) is 12.1 Å². The third-order valence-electron chi connectivity index (χ3n) is 2.45. The molecule has 1 N–H and O–H groups in total. The fraction of sp³-hybridized carbons (Fsp3) is 0.200. The Kier molecular flexibility index (Phi) is 1.34. The summed E-state index contributed by atoms with van der Waals surface area (Å²) in [7, 11) is 0. The predicted molar refractivity (Wildman–Crippen MR) is 48.8 cm³/mol. The fourth-order valence-electron chi connectivity index (χ4n) is 1.80. The zero-order valence-corrected chi connectivity index (χ0v) is 7.10. The van der Waals surface area contributed by atoms with E-state index in [4.69, 9.17) is 4.74 Å². The second-order valence-corrected chi connectivity index (χ2v) is 3.21. The van der Waals surface area contributed by atoms with Crippen LogP contribution in [-0.2, 0) is 0 Å². The summed E-state index contributed by atoms with van der Waals surface area (Å²) in [5.74, 6) is 0.997. The molecule has 0 aliphatic carbocycles. The van der Waals surface area contributed by atoms with Crippen molar-refractivity contribution in [3.63, 3.8) is 0 Å². The number of hydrazine groups is 1. The highest BCUT2D eigenvalue weighted by molar-refractivity contribution is 5.40. The van der Waals surface area contributed by atoms with Crippen LogP contribution in [0.2, 0.25) is 0 Å². The number of nitrogens with one attached hydrogen (secondary N) is 1. The van der Waals surface area contributed by atoms with Crippen molar-refractivity contribution in [2.45, 2.75) is 6.04 Å². The summed E-state index contributed by atoms with van der Waals surface area (Å²) in [6.45, 7) is 0.606. The van der Waals surface area contributed by atoms with Crippen molar-refractivity contribution < 1.29 is 4.74 Å². The van der Waals surface area contributed by atoms with Gasteiger partial charge in [0, 0.05) is 11.8 Å². The highest BCUT2D eigenvalue weighted by Gasteiger charge is 2.28. The number of nitrogens with zero attached hydrogens (tertiary/aromatic N) is 1. The van der Waals surface area contributed by atoms with Gasteiger partial charge < -0.3 is 10.2 Å². The molecule has 66 valence electrons. The lowest BCUT2D eigenvalue weighted by Crippen LogP contribution is -2.39. The number of fused-ring (bicyclic) bond motifs is 3. The highest BCUT2D eigenvalue weighted by atomic mass is 16.5. The van der Waals surface area contributed by atoms with E-state index in [1.54, 1.807) is 0 Å². The molecule has 1 aromatic carbocycles. The third kappa shape index (κ3) is 0.939. The van der Waals surface area contributed by atoms with E-state index in [-0.39, 0.29) is 0 Å². The lowest BCUT2D eigenvalue weighted by molar-refractivity contribution is 0.0575. The number of benzene rings is 1. The van der Waals surface area contributed by atoms with Gasteiger partial charge in [-0.3, -0.25) is 0 Å². The Bertz CT molecular complexity index is 362. The third-order valence-corrected chi connectivity index (χ3v) is 2.45. The summed E-state index contributed by atoms with van der Waals surface area (Å²) in [4.78, 5) is 0. The van der Waals surface area contributed by atoms with Gasteiger partial charge in [-0.15, -0.1) is 0 Å². The molecule has 0 aromatic heterocycles. The van der Waals surface area contributed by atoms with E-state index in [0.29, 0.717) is 12.8 Å². The van der Waals surface area contributed by atoms with Gasteiger partial charge >= 0.3 is 0 Å². The molecule has 0 radical (unpaired) electrons. The summed E-state index contributed by atoms with van der Waals surface area (Å²) in [5, 5.41) is 2.06. The number of hydrogen-bond acceptors (Lipinski definition) is 3. The second-order valence-electron chi connectivity index (χ2n) is 3.21. The van der Waals surface area contributed by atoms with E-state index < -0.39 is 0 Å². The average molecular weight is 174 g/mol. The summed E-state index contributed by atoms with van der Waals surface area (Å²) in [6, 6.07) is 8.49. The van der Waals surface area contributed by atoms with Gasteiger partial charge in [-0.1, -0.05) is 18.2 Å². The van der Waals surface area contributed by atoms with Crippen LogP contribution < -0.4 is 10.2 Å². The van der Waals surface area contributed by atoms with Gasteiger partial charge in [0.2, 0.25) is 0 Å². The normalized spacial score (nSPS) is 24.5. The smallest absolute Gasteiger partial charge is 0.159 e. The summed E-state index contributed by atoms with van der Waals surface area (Å²) in [5.41, 5.74) is 4.36. The molecule has 3 nitrogen and oxygen atoms in total. The van der Waals surface area contributed by atoms with E-state index in [1.807, 2.05) is 24.4 Å². The van der Waals surface area contributed by atoms with Crippen molar-refractivity contribution in [2.24, 2.45) is 0 Å². The van der Waals surface area contributed by atoms with E-state index >= 15 is 0 Å². The average Bonchev–Trinajstić information content (AvgIpc) is 2.65. The number of hydrogen-bond donors (Lipinski definition) is 1. The topological polar surface area (TPSA) is 24.5 Å². The van der Waals surface area contributed by atoms with Crippen molar-refractivity contribution in [1.82, 2.24) is 10.4 Å². The molecule has 1 aromatic rings. The van der Waals surface area contributed by atoms with Crippen molar-refractivity contribution in [1.29, 1.82) is 0 Å². The molecule has 1 atom stereocenters. The van der Waals surface area contributed by atoms with Gasteiger partial charge in [-0.2, -0.15) is 5.01 Å². The summed E-state index contributed by atoms with van der Waals surface area (Å²) < 4.78 is 5.56. The minimum atomic E-state index is 0.338. The van der Waals surface area contributed by atoms with Crippen LogP contribution in [0.15, 0.2) is 36.5 Å². The maximum atomic E-state index is 5.56. The summed E-state index contributed by atoms with van der Waals surface area (Å²) >= 11 is 0. The standard InChI is InChI=1S/C10H10N2O/c1-2-4-10-8(3-1)9-5-6-11-12(9)7-13-10/h1-6,9,11H,7H2. The summed E-state index contributed by atoms with van der Waals surface area (Å²) in [6.07, 6.45) is 4.09. The van der Waals surface area contributed by atoms with E-state index in [2.05, 4.69) is 22.6 Å². The molecule has 13 heavy (non-hydrogen) atoms. The first kappa shape index (κ1) is 6.97. The number of para-hydroxylation sites is 1. The van der Waals surface area contributed by atoms with Crippen LogP contribution >= 0.6 is 0 Å². The van der Waals surface area contributed by atoms with Crippen LogP contribution in [0.3, 0.4) is 0 Å². The largest absolute Gasteiger partial charge is 0.476 e. The predicted octanol–water partition coefficient (Wildman–Crippen LogP) is 1.41. The van der Waals surface area contributed by atoms with Crippen LogP contribution in [-0.4, -0.2) is 11.7 Å². The van der Waals surface area contributed by atoms with Crippen molar-refractivity contribution in [3.05, 3.63) is 42.1 Å². The van der Waals surface area contributed by atoms with Crippen molar-refractivity contribution in [2.75, 3.05) is 6.73 Å². The molecule has 2 heterocycles. The Labute approximate surface area is 76.6 Å². The number of rotatable bonds is 0. The molecule has 2 aliphatic heterocycles. The molecule has 1 unspecified atom stereocenters. The molecule has 0 saturated carbocycles. The van der Waals surface area contributed by atoms with Crippen LogP contribution in [0.1, 0.15) is 11.6 Å². The van der Waals surface area contributed by atoms with Crippen molar-refractivity contribution in [3.8, 4) is 5.75 Å². The second kappa shape index (κ2) is 2.50. The molecular weight excluding hydrogens is 164 g/mol. The minimum Gasteiger partial charge on any atom is -0.476 e. The quantitative estimate of drug-likeness (QED) is 0.643. The Hall–Kier alpha value is -1.48. The fourth-order valence-corrected chi connectivity index (χ4v) is 1.80. The Morgan fingerprint density at radius 3 is 3.31 bits per heavy atom. The zero-order valence-electron chi connectivity index (χ0n) is 7.10. The first-order chi connectivity index (χ1) is 6.45. The molecule has 3 heteroatoms. The maximum absolute atomic E-state index is 5.56. The monoisotopic (exact) mass is 174 g/mol. The molecule has 3 rings (SSSR count). The van der Waals surface area contributed by atoms with E-state index in [0.717, 1.165) is 5.75 Å². The van der Waals surface area contributed by atoms with Crippen LogP contribution in [0, 0.1) is 0 Å². The first-order valence-electron chi connectivity index (χ1n) is 4.36. The minimum absolute atomic E-state index is 0.338. The van der Waals surface area contributed by atoms with Gasteiger partial charge in [0.15, 0.2) is 6.73 Å². The SMILES string of the molecule is C1=CC2c3ccccc3OCN2N1. The molecule has 0 fully saturated rings. The number of ether oxygens (including phenoxy) is 1. The van der Waals surface area contributed by atoms with Gasteiger partial charge in [0.1, 0.15) is 5.75 Å². The molecular formula is C10H10N2O. The molecule has 2 aliphatic rings. The van der Waals surface area contributed by atoms with Gasteiger partial charge in [-0.25, -0.2) is 0 Å². The Balaban J connectivity index is 2.10. The maximum Gasteiger partial charge on any atom is 0.159 e. The Morgan fingerprint density at radius 2 is 2.31 bits per heavy atom. The van der Waals surface area contributed by atoms with Crippen LogP contribution in [0.4, 0.5) is 0 Å². The molecule has 0 saturated heterocycles. The zero-order chi connectivity index (χ0) is 8.67. The van der Waals surface area contributed by atoms with E-state index in [9.17, 15) is 0 Å². The van der Waals surface area contributed by atoms with Crippen LogP contribution in [0.5, 0.6) is 5.75 Å². The molecule has 0 spiro atoms. The lowest BCUT2D eigenvalue weighted by atomic mass is 10.1. The van der Waals surface area contributed by atoms with Gasteiger partial charge in [0.25, 0.3) is 0 Å². The van der Waals surface area contributed by atoms with E-state index in [1.165, 1.54) is 5.56 Å². The van der Waals surface area contributed by atoms with Gasteiger partial charge in [0.05, 0.1) is 6.04 Å². The lowest BCUT2D eigenvalue weighted by Gasteiger charge is -2.30.